The summed E-state index contributed by atoms with van der Waals surface area (Å²) >= 11 is 0. The van der Waals surface area contributed by atoms with Crippen molar-refractivity contribution in [1.29, 1.82) is 0 Å². The fraction of sp³-hybridized carbons (Fsp3) is 0.469. The number of nitrogens with one attached hydrogen (secondary N) is 9. The number of para-hydroxylation sites is 1. The standard InChI is InChI=1S/C49H70N16O11/c1-27(66)59-33(17-10-20-56-48(51)52)42(71)64-37-24-39(67)55-19-9-3-6-16-32(41(50)70)60-45(74)36(23-29-26-58-31-15-8-7-14-30(29)31)63-43(72)34(18-11-21-57-49(53)54)61-44(73)35(22-28-12-4-2-5-13-28)62-47(76)38(25-40(68)69)65-46(37)75/h2,4-5,7-8,12-15,26,32-38,58H,3,6,9-11,16-25H2,1H3,(H2,50,70)(H,55,67)(H,59,66)(H,60,74)(H,61,73)(H,62,76)(H,63,72)(H,64,71)(H,65,75)(H,68,69)(H4,51,52,56)(H4,53,54,57)/t32-,33-,34-,35+,36-,37-,38-/m0/s1. The van der Waals surface area contributed by atoms with Crippen molar-refractivity contribution in [2.24, 2.45) is 38.7 Å². The molecule has 27 nitrogen and oxygen atoms in total. The van der Waals surface area contributed by atoms with E-state index in [1.54, 1.807) is 42.6 Å². The van der Waals surface area contributed by atoms with Gasteiger partial charge in [0, 0.05) is 56.5 Å². The molecule has 1 aliphatic rings. The van der Waals surface area contributed by atoms with Crippen molar-refractivity contribution in [3.63, 3.8) is 0 Å². The van der Waals surface area contributed by atoms with Crippen molar-refractivity contribution < 1.29 is 53.1 Å². The van der Waals surface area contributed by atoms with Crippen LogP contribution < -0.4 is 71.2 Å². The number of rotatable bonds is 18. The number of aromatic amines is 1. The van der Waals surface area contributed by atoms with Gasteiger partial charge in [0.15, 0.2) is 11.9 Å². The van der Waals surface area contributed by atoms with E-state index < -0.39 is 114 Å². The van der Waals surface area contributed by atoms with E-state index >= 15 is 0 Å². The highest BCUT2D eigenvalue weighted by Crippen LogP contribution is 2.20. The van der Waals surface area contributed by atoms with E-state index in [0.717, 1.165) is 17.8 Å². The molecule has 1 aliphatic heterocycles. The lowest BCUT2D eigenvalue weighted by Gasteiger charge is -2.28. The third kappa shape index (κ3) is 20.6. The van der Waals surface area contributed by atoms with Crippen LogP contribution in [0.25, 0.3) is 10.9 Å². The van der Waals surface area contributed by atoms with Crippen LogP contribution in [0.15, 0.2) is 70.8 Å². The molecule has 7 atom stereocenters. The predicted molar refractivity (Wildman–Crippen MR) is 279 cm³/mol. The second kappa shape index (κ2) is 30.4. The summed E-state index contributed by atoms with van der Waals surface area (Å²) in [6, 6.07) is 5.03. The zero-order chi connectivity index (χ0) is 55.7. The first-order valence-electron chi connectivity index (χ1n) is 24.8. The molecule has 412 valence electrons. The first-order valence-corrected chi connectivity index (χ1v) is 24.8. The van der Waals surface area contributed by atoms with E-state index in [-0.39, 0.29) is 76.5 Å². The number of fused-ring (bicyclic) bond motifs is 1. The molecule has 2 aromatic carbocycles. The number of carboxylic acid groups (broad SMARTS) is 1. The SMILES string of the molecule is CC(=O)N[C@@H](CCCN=C(N)N)C(=O)N[C@H]1CC(=O)NCCCCC[C@@H](C(N)=O)NC(=O)[C@H](Cc2c[nH]c3ccccc23)NC(=O)[C@H](CCCN=C(N)N)NC(=O)[C@@H](Cc2ccccc2)NC(=O)[C@H](CC(=O)O)NC1=O. The van der Waals surface area contributed by atoms with Crippen LogP contribution in [0.4, 0.5) is 0 Å². The Hall–Kier alpha value is -8.78. The molecule has 4 rings (SSSR count). The molecule has 0 bridgehead atoms. The number of hydrogen-bond donors (Lipinski definition) is 15. The highest BCUT2D eigenvalue weighted by Gasteiger charge is 2.36. The van der Waals surface area contributed by atoms with Gasteiger partial charge in [-0.05, 0) is 55.7 Å². The van der Waals surface area contributed by atoms with Gasteiger partial charge in [-0.1, -0.05) is 61.4 Å². The summed E-state index contributed by atoms with van der Waals surface area (Å²) < 4.78 is 0. The molecule has 1 fully saturated rings. The minimum Gasteiger partial charge on any atom is -0.481 e. The number of amides is 9. The first kappa shape index (κ1) is 59.8. The molecule has 0 radical (unpaired) electrons. The normalized spacial score (nSPS) is 21.1. The van der Waals surface area contributed by atoms with Crippen LogP contribution in [0.2, 0.25) is 0 Å². The van der Waals surface area contributed by atoms with E-state index in [1.807, 2.05) is 18.2 Å². The van der Waals surface area contributed by atoms with Crippen LogP contribution >= 0.6 is 0 Å². The molecule has 0 saturated carbocycles. The first-order chi connectivity index (χ1) is 36.2. The molecular formula is C49H70N16O11. The fourth-order valence-electron chi connectivity index (χ4n) is 8.23. The van der Waals surface area contributed by atoms with Crippen molar-refractivity contribution >= 4 is 82.0 Å². The molecule has 2 heterocycles. The van der Waals surface area contributed by atoms with E-state index in [9.17, 15) is 53.1 Å². The Bertz CT molecular complexity index is 2580. The number of aromatic nitrogens is 1. The van der Waals surface area contributed by atoms with Crippen LogP contribution in [-0.4, -0.2) is 143 Å². The van der Waals surface area contributed by atoms with Gasteiger partial charge in [0.1, 0.15) is 42.3 Å². The van der Waals surface area contributed by atoms with Gasteiger partial charge >= 0.3 is 5.97 Å². The Morgan fingerprint density at radius 2 is 1.29 bits per heavy atom. The molecule has 3 aromatic rings. The summed E-state index contributed by atoms with van der Waals surface area (Å²) in [5, 5.41) is 31.2. The monoisotopic (exact) mass is 1060 g/mol. The Balaban J connectivity index is 1.76. The van der Waals surface area contributed by atoms with E-state index in [2.05, 4.69) is 57.5 Å². The molecule has 27 heteroatoms. The number of aliphatic imine (C=N–C) groups is 2. The quantitative estimate of drug-likeness (QED) is 0.0334. The summed E-state index contributed by atoms with van der Waals surface area (Å²) in [6.45, 7) is 1.28. The molecular weight excluding hydrogens is 989 g/mol. The lowest BCUT2D eigenvalue weighted by molar-refractivity contribution is -0.142. The van der Waals surface area contributed by atoms with E-state index in [0.29, 0.717) is 30.4 Å². The number of nitrogens with two attached hydrogens (primary N) is 5. The van der Waals surface area contributed by atoms with Crippen LogP contribution in [-0.2, 0) is 60.8 Å². The van der Waals surface area contributed by atoms with Gasteiger partial charge in [-0.15, -0.1) is 0 Å². The molecule has 0 aliphatic carbocycles. The summed E-state index contributed by atoms with van der Waals surface area (Å²) in [4.78, 5) is 147. The number of carbonyl (C=O) groups is 10. The van der Waals surface area contributed by atoms with Crippen LogP contribution in [0, 0.1) is 0 Å². The Morgan fingerprint density at radius 1 is 0.697 bits per heavy atom. The summed E-state index contributed by atoms with van der Waals surface area (Å²) in [7, 11) is 0. The molecule has 76 heavy (non-hydrogen) atoms. The summed E-state index contributed by atoms with van der Waals surface area (Å²) in [6.07, 6.45) is 0.826. The Kier molecular flexibility index (Phi) is 23.9. The third-order valence-electron chi connectivity index (χ3n) is 12.1. The topological polar surface area (TPSA) is 458 Å². The van der Waals surface area contributed by atoms with Crippen molar-refractivity contribution in [3.8, 4) is 0 Å². The number of guanidine groups is 2. The Morgan fingerprint density at radius 3 is 1.95 bits per heavy atom. The largest absolute Gasteiger partial charge is 0.481 e. The number of H-pyrrole nitrogens is 1. The second-order valence-corrected chi connectivity index (χ2v) is 18.2. The minimum atomic E-state index is -1.93. The number of carbonyl (C=O) groups excluding carboxylic acids is 9. The van der Waals surface area contributed by atoms with Gasteiger partial charge in [-0.2, -0.15) is 0 Å². The molecule has 1 aromatic heterocycles. The highest BCUT2D eigenvalue weighted by atomic mass is 16.4. The maximum absolute atomic E-state index is 14.6. The van der Waals surface area contributed by atoms with Gasteiger partial charge < -0.3 is 81.3 Å². The van der Waals surface area contributed by atoms with Gasteiger partial charge in [0.05, 0.1) is 12.8 Å². The number of nitrogens with zero attached hydrogens (tertiary/aromatic N) is 2. The number of hydrogen-bond acceptors (Lipinski definition) is 12. The lowest BCUT2D eigenvalue weighted by atomic mass is 10.0. The van der Waals surface area contributed by atoms with Crippen molar-refractivity contribution in [1.82, 2.24) is 47.5 Å². The molecule has 9 amide bonds. The number of carboxylic acids is 1. The fourth-order valence-corrected chi connectivity index (χ4v) is 8.23. The highest BCUT2D eigenvalue weighted by molar-refractivity contribution is 6.00. The average molecular weight is 1060 g/mol. The molecule has 20 N–H and O–H groups in total. The van der Waals surface area contributed by atoms with Crippen LogP contribution in [0.3, 0.4) is 0 Å². The van der Waals surface area contributed by atoms with Crippen molar-refractivity contribution in [2.45, 2.75) is 126 Å². The second-order valence-electron chi connectivity index (χ2n) is 18.2. The minimum absolute atomic E-state index is 0.0126. The van der Waals surface area contributed by atoms with Crippen molar-refractivity contribution in [2.75, 3.05) is 19.6 Å². The van der Waals surface area contributed by atoms with Gasteiger partial charge in [0.25, 0.3) is 0 Å². The zero-order valence-corrected chi connectivity index (χ0v) is 42.2. The summed E-state index contributed by atoms with van der Waals surface area (Å²) in [5.74, 6) is -10.1. The van der Waals surface area contributed by atoms with Gasteiger partial charge in [0.2, 0.25) is 53.2 Å². The number of aliphatic carboxylic acids is 1. The maximum atomic E-state index is 14.6. The third-order valence-corrected chi connectivity index (χ3v) is 12.1. The Labute approximate surface area is 437 Å². The molecule has 1 saturated heterocycles. The molecule has 0 spiro atoms. The van der Waals surface area contributed by atoms with Crippen LogP contribution in [0.5, 0.6) is 0 Å². The summed E-state index contributed by atoms with van der Waals surface area (Å²) in [5.41, 5.74) is 29.6. The molecule has 0 unspecified atom stereocenters. The average Bonchev–Trinajstić information content (AvgIpc) is 3.77. The van der Waals surface area contributed by atoms with Crippen LogP contribution in [0.1, 0.15) is 82.3 Å². The maximum Gasteiger partial charge on any atom is 0.305 e. The lowest BCUT2D eigenvalue weighted by Crippen LogP contribution is -2.61. The number of benzene rings is 2. The number of primary amides is 1. The van der Waals surface area contributed by atoms with Gasteiger partial charge in [-0.3, -0.25) is 57.9 Å². The van der Waals surface area contributed by atoms with E-state index in [1.165, 1.54) is 0 Å². The zero-order valence-electron chi connectivity index (χ0n) is 42.2. The van der Waals surface area contributed by atoms with E-state index in [4.69, 9.17) is 28.7 Å². The van der Waals surface area contributed by atoms with Gasteiger partial charge in [-0.25, -0.2) is 0 Å². The smallest absolute Gasteiger partial charge is 0.305 e. The van der Waals surface area contributed by atoms with Crippen molar-refractivity contribution in [3.05, 3.63) is 71.9 Å². The predicted octanol–water partition coefficient (Wildman–Crippen LogP) is -3.49.